The van der Waals surface area contributed by atoms with E-state index in [1.54, 1.807) is 6.20 Å². The van der Waals surface area contributed by atoms with Gasteiger partial charge in [0, 0.05) is 24.0 Å². The van der Waals surface area contributed by atoms with E-state index in [4.69, 9.17) is 4.42 Å². The average molecular weight is 484 g/mol. The molecule has 0 aliphatic carbocycles. The second-order valence-corrected chi connectivity index (χ2v) is 8.93. The average Bonchev–Trinajstić information content (AvgIpc) is 3.55. The van der Waals surface area contributed by atoms with Gasteiger partial charge in [-0.25, -0.2) is 4.98 Å². The number of fused-ring (bicyclic) bond motifs is 3. The van der Waals surface area contributed by atoms with Crippen LogP contribution in [0, 0.1) is 0 Å². The molecule has 2 aliphatic heterocycles. The number of anilines is 3. The highest BCUT2D eigenvalue weighted by Gasteiger charge is 2.38. The third-order valence-electron chi connectivity index (χ3n) is 6.74. The van der Waals surface area contributed by atoms with E-state index in [-0.39, 0.29) is 24.4 Å². The molecule has 0 saturated carbocycles. The van der Waals surface area contributed by atoms with E-state index in [9.17, 15) is 9.90 Å². The van der Waals surface area contributed by atoms with Gasteiger partial charge in [-0.15, -0.1) is 10.2 Å². The molecule has 182 valence electrons. The number of nitrogens with one attached hydrogen (secondary N) is 2. The summed E-state index contributed by atoms with van der Waals surface area (Å²) in [5.74, 6) is 1.18. The van der Waals surface area contributed by atoms with Gasteiger partial charge >= 0.3 is 0 Å². The molecule has 1 saturated heterocycles. The van der Waals surface area contributed by atoms with Crippen molar-refractivity contribution in [2.75, 3.05) is 23.8 Å². The standard InChI is InChI=1S/C26H25N7O3/c34-14-21(16-6-2-1-3-7-16)30-23-20(24-32-28-15-36-24)13-27-26(31-23)29-17-9-10-18-19(12-17)22-8-4-5-11-33(22)25(18)35/h1-3,6-7,9-10,12-13,15,21-22,34H,4-5,8,11,14H2,(H2,27,29,30,31)/t21-,22?/m1/s1. The maximum absolute atomic E-state index is 12.8. The van der Waals surface area contributed by atoms with Crippen LogP contribution < -0.4 is 10.6 Å². The third-order valence-corrected chi connectivity index (χ3v) is 6.74. The van der Waals surface area contributed by atoms with Crippen molar-refractivity contribution < 1.29 is 14.3 Å². The SMILES string of the molecule is O=C1c2ccc(Nc3ncc(-c4nnco4)c(N[C@H](CO)c4ccccc4)n3)cc2C2CCCCN12. The van der Waals surface area contributed by atoms with Gasteiger partial charge in [0.15, 0.2) is 0 Å². The van der Waals surface area contributed by atoms with E-state index in [0.29, 0.717) is 17.3 Å². The number of hydrogen-bond acceptors (Lipinski definition) is 9. The molecule has 2 aromatic heterocycles. The van der Waals surface area contributed by atoms with Crippen molar-refractivity contribution in [2.45, 2.75) is 31.3 Å². The van der Waals surface area contributed by atoms with Crippen LogP contribution in [0.2, 0.25) is 0 Å². The largest absolute Gasteiger partial charge is 0.423 e. The summed E-state index contributed by atoms with van der Waals surface area (Å²) in [6.45, 7) is 0.667. The van der Waals surface area contributed by atoms with Crippen LogP contribution >= 0.6 is 0 Å². The lowest BCUT2D eigenvalue weighted by Gasteiger charge is -2.29. The summed E-state index contributed by atoms with van der Waals surface area (Å²) in [4.78, 5) is 23.9. The number of aromatic nitrogens is 4. The molecule has 0 spiro atoms. The van der Waals surface area contributed by atoms with Crippen molar-refractivity contribution in [3.05, 3.63) is 77.8 Å². The third kappa shape index (κ3) is 4.05. The van der Waals surface area contributed by atoms with Crippen molar-refractivity contribution in [1.29, 1.82) is 0 Å². The first-order valence-corrected chi connectivity index (χ1v) is 12.0. The molecule has 10 heteroatoms. The summed E-state index contributed by atoms with van der Waals surface area (Å²) in [7, 11) is 0. The Labute approximate surface area is 207 Å². The van der Waals surface area contributed by atoms with Crippen molar-refractivity contribution in [3.63, 3.8) is 0 Å². The molecule has 2 aliphatic rings. The van der Waals surface area contributed by atoms with Crippen LogP contribution in [0.4, 0.5) is 17.5 Å². The fraction of sp³-hybridized carbons (Fsp3) is 0.269. The molecule has 4 heterocycles. The van der Waals surface area contributed by atoms with Crippen LogP contribution in [-0.2, 0) is 0 Å². The zero-order chi connectivity index (χ0) is 24.5. The Bertz CT molecular complexity index is 1380. The maximum atomic E-state index is 12.8. The van der Waals surface area contributed by atoms with Gasteiger partial charge in [0.25, 0.3) is 11.8 Å². The van der Waals surface area contributed by atoms with Crippen LogP contribution in [0.5, 0.6) is 0 Å². The van der Waals surface area contributed by atoms with Crippen LogP contribution in [0.15, 0.2) is 65.5 Å². The Morgan fingerprint density at radius 1 is 1.14 bits per heavy atom. The number of carbonyl (C=O) groups is 1. The summed E-state index contributed by atoms with van der Waals surface area (Å²) in [6.07, 6.45) is 5.99. The van der Waals surface area contributed by atoms with Gasteiger partial charge in [0.05, 0.1) is 24.3 Å². The predicted octanol–water partition coefficient (Wildman–Crippen LogP) is 4.10. The summed E-state index contributed by atoms with van der Waals surface area (Å²) in [5.41, 5.74) is 4.05. The molecule has 0 radical (unpaired) electrons. The first kappa shape index (κ1) is 22.2. The molecule has 2 atom stereocenters. The van der Waals surface area contributed by atoms with Crippen LogP contribution in [0.3, 0.4) is 0 Å². The number of carbonyl (C=O) groups excluding carboxylic acids is 1. The number of benzene rings is 2. The van der Waals surface area contributed by atoms with Crippen LogP contribution in [-0.4, -0.2) is 49.2 Å². The summed E-state index contributed by atoms with van der Waals surface area (Å²) < 4.78 is 5.39. The van der Waals surface area contributed by atoms with E-state index >= 15 is 0 Å². The molecular formula is C26H25N7O3. The summed E-state index contributed by atoms with van der Waals surface area (Å²) in [6, 6.07) is 15.1. The highest BCUT2D eigenvalue weighted by Crippen LogP contribution is 2.41. The first-order chi connectivity index (χ1) is 17.7. The Morgan fingerprint density at radius 3 is 2.83 bits per heavy atom. The minimum Gasteiger partial charge on any atom is -0.423 e. The molecule has 6 rings (SSSR count). The van der Waals surface area contributed by atoms with Gasteiger partial charge in [-0.2, -0.15) is 4.98 Å². The molecule has 1 unspecified atom stereocenters. The number of rotatable bonds is 7. The smallest absolute Gasteiger partial charge is 0.254 e. The fourth-order valence-corrected chi connectivity index (χ4v) is 4.98. The summed E-state index contributed by atoms with van der Waals surface area (Å²) in [5, 5.41) is 24.4. The van der Waals surface area contributed by atoms with Crippen molar-refractivity contribution >= 4 is 23.4 Å². The number of nitrogens with zero attached hydrogens (tertiary/aromatic N) is 5. The number of aliphatic hydroxyl groups excluding tert-OH is 1. The maximum Gasteiger partial charge on any atom is 0.254 e. The Kier molecular flexibility index (Phi) is 5.78. The van der Waals surface area contributed by atoms with Crippen LogP contribution in [0.25, 0.3) is 11.5 Å². The topological polar surface area (TPSA) is 129 Å². The van der Waals surface area contributed by atoms with Gasteiger partial charge in [0.2, 0.25) is 12.3 Å². The van der Waals surface area contributed by atoms with E-state index < -0.39 is 6.04 Å². The van der Waals surface area contributed by atoms with E-state index in [2.05, 4.69) is 30.8 Å². The monoisotopic (exact) mass is 483 g/mol. The lowest BCUT2D eigenvalue weighted by molar-refractivity contribution is 0.0671. The number of piperidine rings is 1. The normalized spacial score (nSPS) is 17.4. The van der Waals surface area contributed by atoms with Crippen molar-refractivity contribution in [2.24, 2.45) is 0 Å². The number of amides is 1. The minimum atomic E-state index is -0.404. The zero-order valence-corrected chi connectivity index (χ0v) is 19.5. The van der Waals surface area contributed by atoms with Gasteiger partial charge in [-0.05, 0) is 48.6 Å². The van der Waals surface area contributed by atoms with Gasteiger partial charge in [-0.3, -0.25) is 4.79 Å². The molecule has 2 aromatic carbocycles. The molecular weight excluding hydrogens is 458 g/mol. The number of hydrogen-bond donors (Lipinski definition) is 3. The second-order valence-electron chi connectivity index (χ2n) is 8.93. The van der Waals surface area contributed by atoms with E-state index in [1.807, 2.05) is 53.4 Å². The molecule has 0 bridgehead atoms. The molecule has 36 heavy (non-hydrogen) atoms. The van der Waals surface area contributed by atoms with Gasteiger partial charge in [0.1, 0.15) is 5.82 Å². The Morgan fingerprint density at radius 2 is 2.03 bits per heavy atom. The lowest BCUT2D eigenvalue weighted by Crippen LogP contribution is -2.32. The molecule has 4 aromatic rings. The van der Waals surface area contributed by atoms with Gasteiger partial charge < -0.3 is 25.1 Å². The summed E-state index contributed by atoms with van der Waals surface area (Å²) >= 11 is 0. The van der Waals surface area contributed by atoms with Crippen LogP contribution in [0.1, 0.15) is 52.8 Å². The molecule has 1 amide bonds. The highest BCUT2D eigenvalue weighted by atomic mass is 16.4. The molecule has 3 N–H and O–H groups in total. The Balaban J connectivity index is 1.31. The lowest BCUT2D eigenvalue weighted by atomic mass is 9.97. The second kappa shape index (κ2) is 9.38. The molecule has 10 nitrogen and oxygen atoms in total. The minimum absolute atomic E-state index is 0.115. The Hall–Kier alpha value is -4.31. The quantitative estimate of drug-likeness (QED) is 0.356. The van der Waals surface area contributed by atoms with E-state index in [1.165, 1.54) is 6.39 Å². The first-order valence-electron chi connectivity index (χ1n) is 12.0. The van der Waals surface area contributed by atoms with Crippen molar-refractivity contribution in [3.8, 4) is 11.5 Å². The zero-order valence-electron chi connectivity index (χ0n) is 19.5. The predicted molar refractivity (Wildman–Crippen MR) is 133 cm³/mol. The van der Waals surface area contributed by atoms with E-state index in [0.717, 1.165) is 48.2 Å². The fourth-order valence-electron chi connectivity index (χ4n) is 4.98. The van der Waals surface area contributed by atoms with Gasteiger partial charge in [-0.1, -0.05) is 30.3 Å². The highest BCUT2D eigenvalue weighted by molar-refractivity contribution is 5.99. The van der Waals surface area contributed by atoms with Crippen molar-refractivity contribution in [1.82, 2.24) is 25.1 Å². The number of aliphatic hydroxyl groups is 1. The molecule has 1 fully saturated rings.